The molecule has 0 saturated heterocycles. The Labute approximate surface area is 98.3 Å². The first-order valence-electron chi connectivity index (χ1n) is 5.23. The van der Waals surface area contributed by atoms with E-state index < -0.39 is 6.09 Å². The van der Waals surface area contributed by atoms with E-state index in [0.29, 0.717) is 13.0 Å². The zero-order valence-corrected chi connectivity index (χ0v) is 9.76. The second-order valence-corrected chi connectivity index (χ2v) is 4.39. The van der Waals surface area contributed by atoms with Crippen LogP contribution in [0.15, 0.2) is 17.5 Å². The van der Waals surface area contributed by atoms with Gasteiger partial charge >= 0.3 is 6.09 Å². The van der Waals surface area contributed by atoms with Crippen LogP contribution in [0.2, 0.25) is 0 Å². The maximum absolute atomic E-state index is 11.5. The van der Waals surface area contributed by atoms with Gasteiger partial charge in [-0.05, 0) is 24.3 Å². The first kappa shape index (κ1) is 12.7. The number of hydrogen-bond donors (Lipinski definition) is 2. The zero-order chi connectivity index (χ0) is 11.8. The average molecular weight is 241 g/mol. The van der Waals surface area contributed by atoms with Gasteiger partial charge in [0, 0.05) is 13.0 Å². The number of hydrogen-bond acceptors (Lipinski definition) is 3. The van der Waals surface area contributed by atoms with Gasteiger partial charge in [0.15, 0.2) is 5.78 Å². The molecule has 0 spiro atoms. The van der Waals surface area contributed by atoms with Gasteiger partial charge in [0.05, 0.1) is 4.88 Å². The Morgan fingerprint density at radius 1 is 1.31 bits per heavy atom. The van der Waals surface area contributed by atoms with Crippen LogP contribution in [0, 0.1) is 0 Å². The largest absolute Gasteiger partial charge is 0.465 e. The van der Waals surface area contributed by atoms with Gasteiger partial charge in [-0.1, -0.05) is 12.5 Å². The highest BCUT2D eigenvalue weighted by molar-refractivity contribution is 7.12. The molecule has 88 valence electrons. The Morgan fingerprint density at radius 3 is 2.75 bits per heavy atom. The van der Waals surface area contributed by atoms with Crippen molar-refractivity contribution in [3.63, 3.8) is 0 Å². The Bertz CT molecular complexity index is 335. The third-order valence-corrected chi connectivity index (χ3v) is 3.06. The average Bonchev–Trinajstić information content (AvgIpc) is 2.75. The molecule has 0 aliphatic rings. The van der Waals surface area contributed by atoms with Crippen LogP contribution in [0.3, 0.4) is 0 Å². The lowest BCUT2D eigenvalue weighted by Gasteiger charge is -2.00. The topological polar surface area (TPSA) is 66.4 Å². The fraction of sp³-hybridized carbons (Fsp3) is 0.455. The van der Waals surface area contributed by atoms with Crippen molar-refractivity contribution < 1.29 is 14.7 Å². The van der Waals surface area contributed by atoms with Crippen molar-refractivity contribution in [2.24, 2.45) is 0 Å². The van der Waals surface area contributed by atoms with E-state index in [1.807, 2.05) is 17.5 Å². The Hall–Kier alpha value is -1.36. The van der Waals surface area contributed by atoms with Crippen molar-refractivity contribution in [3.8, 4) is 0 Å². The van der Waals surface area contributed by atoms with Crippen LogP contribution in [0.25, 0.3) is 0 Å². The summed E-state index contributed by atoms with van der Waals surface area (Å²) in [7, 11) is 0. The van der Waals surface area contributed by atoms with E-state index in [4.69, 9.17) is 5.11 Å². The van der Waals surface area contributed by atoms with Gasteiger partial charge in [-0.2, -0.15) is 0 Å². The van der Waals surface area contributed by atoms with E-state index in [-0.39, 0.29) is 5.78 Å². The molecule has 1 aromatic heterocycles. The Kier molecular flexibility index (Phi) is 5.56. The third kappa shape index (κ3) is 4.93. The maximum Gasteiger partial charge on any atom is 0.404 e. The number of Topliss-reactive ketones (excluding diaryl/α,β-unsaturated/α-hetero) is 1. The Morgan fingerprint density at radius 2 is 2.12 bits per heavy atom. The van der Waals surface area contributed by atoms with Gasteiger partial charge in [0.1, 0.15) is 0 Å². The normalized spacial score (nSPS) is 10.0. The van der Waals surface area contributed by atoms with Gasteiger partial charge < -0.3 is 10.4 Å². The summed E-state index contributed by atoms with van der Waals surface area (Å²) in [5.41, 5.74) is 0. The minimum Gasteiger partial charge on any atom is -0.465 e. The van der Waals surface area contributed by atoms with Gasteiger partial charge in [-0.15, -0.1) is 11.3 Å². The fourth-order valence-corrected chi connectivity index (χ4v) is 2.04. The molecule has 0 aliphatic carbocycles. The highest BCUT2D eigenvalue weighted by Gasteiger charge is 2.05. The first-order valence-corrected chi connectivity index (χ1v) is 6.11. The smallest absolute Gasteiger partial charge is 0.404 e. The molecule has 0 aliphatic heterocycles. The van der Waals surface area contributed by atoms with Crippen LogP contribution in [0.1, 0.15) is 35.4 Å². The molecular weight excluding hydrogens is 226 g/mol. The molecule has 4 nitrogen and oxygen atoms in total. The lowest BCUT2D eigenvalue weighted by molar-refractivity contribution is 0.0983. The van der Waals surface area contributed by atoms with Gasteiger partial charge in [0.2, 0.25) is 0 Å². The molecule has 1 amide bonds. The third-order valence-electron chi connectivity index (χ3n) is 2.15. The predicted molar refractivity (Wildman–Crippen MR) is 63.1 cm³/mol. The van der Waals surface area contributed by atoms with Crippen LogP contribution >= 0.6 is 11.3 Å². The van der Waals surface area contributed by atoms with E-state index >= 15 is 0 Å². The van der Waals surface area contributed by atoms with Crippen LogP contribution in [0.5, 0.6) is 0 Å². The summed E-state index contributed by atoms with van der Waals surface area (Å²) in [6.45, 7) is 0.461. The fourth-order valence-electron chi connectivity index (χ4n) is 1.34. The van der Waals surface area contributed by atoms with E-state index in [0.717, 1.165) is 24.1 Å². The maximum atomic E-state index is 11.5. The molecule has 16 heavy (non-hydrogen) atoms. The summed E-state index contributed by atoms with van der Waals surface area (Å²) in [5.74, 6) is 0.182. The Balaban J connectivity index is 2.03. The van der Waals surface area contributed by atoms with Crippen molar-refractivity contribution in [1.29, 1.82) is 0 Å². The number of ketones is 1. The number of carbonyl (C=O) groups excluding carboxylic acids is 1. The van der Waals surface area contributed by atoms with Crippen LogP contribution in [-0.4, -0.2) is 23.5 Å². The lowest BCUT2D eigenvalue weighted by Crippen LogP contribution is -2.21. The van der Waals surface area contributed by atoms with Crippen molar-refractivity contribution in [3.05, 3.63) is 22.4 Å². The number of carboxylic acid groups (broad SMARTS) is 1. The molecule has 0 saturated carbocycles. The molecule has 0 radical (unpaired) electrons. The minimum absolute atomic E-state index is 0.182. The molecule has 0 bridgehead atoms. The van der Waals surface area contributed by atoms with Crippen molar-refractivity contribution in [2.75, 3.05) is 6.54 Å². The van der Waals surface area contributed by atoms with Gasteiger partial charge in [0.25, 0.3) is 0 Å². The van der Waals surface area contributed by atoms with Crippen LogP contribution in [-0.2, 0) is 0 Å². The highest BCUT2D eigenvalue weighted by Crippen LogP contribution is 2.13. The van der Waals surface area contributed by atoms with Crippen molar-refractivity contribution in [2.45, 2.75) is 25.7 Å². The summed E-state index contributed by atoms with van der Waals surface area (Å²) < 4.78 is 0. The minimum atomic E-state index is -0.991. The molecular formula is C11H15NO3S. The SMILES string of the molecule is O=C(O)NCCCCCC(=O)c1cccs1. The molecule has 1 rings (SSSR count). The molecule has 0 aromatic carbocycles. The first-order chi connectivity index (χ1) is 7.70. The van der Waals surface area contributed by atoms with Crippen molar-refractivity contribution in [1.82, 2.24) is 5.32 Å². The quantitative estimate of drug-likeness (QED) is 0.569. The number of carbonyl (C=O) groups is 2. The molecule has 0 atom stereocenters. The second-order valence-electron chi connectivity index (χ2n) is 3.44. The molecule has 2 N–H and O–H groups in total. The molecule has 0 fully saturated rings. The van der Waals surface area contributed by atoms with Gasteiger partial charge in [-0.25, -0.2) is 4.79 Å². The summed E-state index contributed by atoms with van der Waals surface area (Å²) in [5, 5.41) is 12.5. The molecule has 0 unspecified atom stereocenters. The lowest BCUT2D eigenvalue weighted by atomic mass is 10.1. The van der Waals surface area contributed by atoms with E-state index in [1.54, 1.807) is 0 Å². The monoisotopic (exact) mass is 241 g/mol. The van der Waals surface area contributed by atoms with E-state index in [2.05, 4.69) is 5.32 Å². The van der Waals surface area contributed by atoms with E-state index in [1.165, 1.54) is 11.3 Å². The summed E-state index contributed by atoms with van der Waals surface area (Å²) in [6, 6.07) is 3.70. The highest BCUT2D eigenvalue weighted by atomic mass is 32.1. The van der Waals surface area contributed by atoms with Crippen LogP contribution in [0.4, 0.5) is 4.79 Å². The molecule has 1 heterocycles. The van der Waals surface area contributed by atoms with Gasteiger partial charge in [-0.3, -0.25) is 4.79 Å². The van der Waals surface area contributed by atoms with E-state index in [9.17, 15) is 9.59 Å². The zero-order valence-electron chi connectivity index (χ0n) is 8.94. The second kappa shape index (κ2) is 7.00. The summed E-state index contributed by atoms with van der Waals surface area (Å²) in [4.78, 5) is 22.5. The van der Waals surface area contributed by atoms with Crippen LogP contribution < -0.4 is 5.32 Å². The molecule has 5 heteroatoms. The number of unbranched alkanes of at least 4 members (excludes halogenated alkanes) is 2. The van der Waals surface area contributed by atoms with Crippen molar-refractivity contribution >= 4 is 23.2 Å². The number of rotatable bonds is 7. The summed E-state index contributed by atoms with van der Waals surface area (Å²) >= 11 is 1.46. The standard InChI is InChI=1S/C11H15NO3S/c13-9(10-6-4-8-16-10)5-2-1-3-7-12-11(14)15/h4,6,8,12H,1-3,5,7H2,(H,14,15). The number of amides is 1. The number of thiophene rings is 1. The predicted octanol–water partition coefficient (Wildman–Crippen LogP) is 2.76. The molecule has 1 aromatic rings. The number of nitrogens with one attached hydrogen (secondary N) is 1. The summed E-state index contributed by atoms with van der Waals surface area (Å²) in [6.07, 6.45) is 2.03.